The number of halogens is 1. The highest BCUT2D eigenvalue weighted by Gasteiger charge is 2.14. The fourth-order valence-electron chi connectivity index (χ4n) is 2.43. The zero-order valence-corrected chi connectivity index (χ0v) is 17.0. The van der Waals surface area contributed by atoms with E-state index < -0.39 is 10.8 Å². The molecule has 1 amide bonds. The topological polar surface area (TPSA) is 68.5 Å². The van der Waals surface area contributed by atoms with Gasteiger partial charge in [0.05, 0.1) is 23.7 Å². The maximum absolute atomic E-state index is 12.4. The summed E-state index contributed by atoms with van der Waals surface area (Å²) in [5.74, 6) is 1.30. The Kier molecular flexibility index (Phi) is 6.47. The van der Waals surface area contributed by atoms with Crippen LogP contribution in [0.5, 0.6) is 5.75 Å². The summed E-state index contributed by atoms with van der Waals surface area (Å²) in [6.45, 7) is 0.395. The van der Waals surface area contributed by atoms with Gasteiger partial charge in [-0.2, -0.15) is 0 Å². The molecule has 5 nitrogen and oxygen atoms in total. The number of nitrogens with one attached hydrogen (secondary N) is 1. The number of carbonyl (C=O) groups excluding carboxylic acids is 1. The molecule has 0 aliphatic carbocycles. The summed E-state index contributed by atoms with van der Waals surface area (Å²) in [5, 5.41) is 2.81. The van der Waals surface area contributed by atoms with E-state index in [-0.39, 0.29) is 17.4 Å². The summed E-state index contributed by atoms with van der Waals surface area (Å²) in [7, 11) is 0.315. The van der Waals surface area contributed by atoms with E-state index in [0.717, 1.165) is 10.0 Å². The lowest BCUT2D eigenvalue weighted by Crippen LogP contribution is -2.22. The number of amides is 1. The van der Waals surface area contributed by atoms with Crippen molar-refractivity contribution < 1.29 is 18.2 Å². The van der Waals surface area contributed by atoms with Crippen molar-refractivity contribution in [3.8, 4) is 5.75 Å². The molecule has 0 bridgehead atoms. The van der Waals surface area contributed by atoms with Crippen molar-refractivity contribution in [2.75, 3.05) is 7.11 Å². The van der Waals surface area contributed by atoms with E-state index in [1.54, 1.807) is 43.5 Å². The molecule has 0 spiro atoms. The van der Waals surface area contributed by atoms with Crippen LogP contribution in [0.2, 0.25) is 0 Å². The SMILES string of the molecule is COc1ccc([S@](=O)Cc2ccc(C(=O)NCc3cccc(Br)c3)o2)cc1. The minimum Gasteiger partial charge on any atom is -0.497 e. The number of rotatable bonds is 7. The van der Waals surface area contributed by atoms with Gasteiger partial charge in [-0.3, -0.25) is 9.00 Å². The minimum absolute atomic E-state index is 0.200. The fraction of sp³-hybridized carbons (Fsp3) is 0.150. The van der Waals surface area contributed by atoms with Crippen molar-refractivity contribution in [2.24, 2.45) is 0 Å². The molecular formula is C20H18BrNO4S. The molecule has 140 valence electrons. The molecule has 7 heteroatoms. The van der Waals surface area contributed by atoms with Crippen LogP contribution >= 0.6 is 15.9 Å². The van der Waals surface area contributed by atoms with E-state index in [1.165, 1.54) is 0 Å². The second kappa shape index (κ2) is 9.01. The largest absolute Gasteiger partial charge is 0.497 e. The lowest BCUT2D eigenvalue weighted by molar-refractivity contribution is 0.0921. The molecule has 1 aromatic heterocycles. The Bertz CT molecular complexity index is 953. The van der Waals surface area contributed by atoms with Crippen molar-refractivity contribution in [1.29, 1.82) is 0 Å². The maximum Gasteiger partial charge on any atom is 0.287 e. The highest BCUT2D eigenvalue weighted by Crippen LogP contribution is 2.18. The molecule has 0 fully saturated rings. The summed E-state index contributed by atoms with van der Waals surface area (Å²) < 4.78 is 24.0. The second-order valence-electron chi connectivity index (χ2n) is 5.74. The minimum atomic E-state index is -1.27. The summed E-state index contributed by atoms with van der Waals surface area (Å²) in [5.41, 5.74) is 0.977. The molecule has 2 aromatic carbocycles. The van der Waals surface area contributed by atoms with Crippen LogP contribution in [-0.2, 0) is 23.1 Å². The monoisotopic (exact) mass is 447 g/mol. The van der Waals surface area contributed by atoms with Crippen LogP contribution in [0.15, 0.2) is 74.4 Å². The van der Waals surface area contributed by atoms with E-state index in [0.29, 0.717) is 22.9 Å². The maximum atomic E-state index is 12.4. The third kappa shape index (κ3) is 5.30. The standard InChI is InChI=1S/C20H18BrNO4S/c1-25-16-5-8-18(9-6-16)27(24)13-17-7-10-19(26-17)20(23)22-12-14-3-2-4-15(21)11-14/h2-11H,12-13H2,1H3,(H,22,23)/t27-/m1/s1. The van der Waals surface area contributed by atoms with Crippen molar-refractivity contribution >= 4 is 32.6 Å². The Balaban J connectivity index is 1.58. The molecule has 1 atom stereocenters. The lowest BCUT2D eigenvalue weighted by atomic mass is 10.2. The first-order valence-corrected chi connectivity index (χ1v) is 10.3. The molecule has 3 rings (SSSR count). The number of ether oxygens (including phenoxy) is 1. The summed E-state index contributed by atoms with van der Waals surface area (Å²) in [6.07, 6.45) is 0. The van der Waals surface area contributed by atoms with Crippen molar-refractivity contribution in [3.63, 3.8) is 0 Å². The van der Waals surface area contributed by atoms with E-state index in [2.05, 4.69) is 21.2 Å². The van der Waals surface area contributed by atoms with Gasteiger partial charge >= 0.3 is 0 Å². The zero-order valence-electron chi connectivity index (χ0n) is 14.6. The molecule has 0 saturated heterocycles. The number of benzene rings is 2. The van der Waals surface area contributed by atoms with Crippen LogP contribution < -0.4 is 10.1 Å². The fourth-order valence-corrected chi connectivity index (χ4v) is 3.90. The Morgan fingerprint density at radius 3 is 2.63 bits per heavy atom. The number of hydrogen-bond donors (Lipinski definition) is 1. The first-order valence-electron chi connectivity index (χ1n) is 8.19. The van der Waals surface area contributed by atoms with E-state index in [1.807, 2.05) is 24.3 Å². The molecule has 1 N–H and O–H groups in total. The van der Waals surface area contributed by atoms with Gasteiger partial charge in [-0.15, -0.1) is 0 Å². The van der Waals surface area contributed by atoms with E-state index >= 15 is 0 Å². The third-order valence-corrected chi connectivity index (χ3v) is 5.66. The van der Waals surface area contributed by atoms with Crippen LogP contribution in [0, 0.1) is 0 Å². The number of carbonyl (C=O) groups is 1. The second-order valence-corrected chi connectivity index (χ2v) is 8.11. The highest BCUT2D eigenvalue weighted by atomic mass is 79.9. The molecule has 3 aromatic rings. The Morgan fingerprint density at radius 2 is 1.93 bits per heavy atom. The van der Waals surface area contributed by atoms with Crippen LogP contribution in [-0.4, -0.2) is 17.2 Å². The van der Waals surface area contributed by atoms with Crippen molar-refractivity contribution in [3.05, 3.63) is 82.2 Å². The van der Waals surface area contributed by atoms with Gasteiger partial charge in [0.2, 0.25) is 0 Å². The van der Waals surface area contributed by atoms with E-state index in [9.17, 15) is 9.00 Å². The molecular weight excluding hydrogens is 430 g/mol. The summed E-state index contributed by atoms with van der Waals surface area (Å²) >= 11 is 3.40. The quantitative estimate of drug-likeness (QED) is 0.586. The van der Waals surface area contributed by atoms with Gasteiger partial charge < -0.3 is 14.5 Å². The number of furan rings is 1. The average molecular weight is 448 g/mol. The van der Waals surface area contributed by atoms with Crippen LogP contribution in [0.1, 0.15) is 21.9 Å². The van der Waals surface area contributed by atoms with Crippen molar-refractivity contribution in [1.82, 2.24) is 5.32 Å². The summed E-state index contributed by atoms with van der Waals surface area (Å²) in [4.78, 5) is 12.9. The first-order chi connectivity index (χ1) is 13.0. The van der Waals surface area contributed by atoms with Crippen LogP contribution in [0.25, 0.3) is 0 Å². The van der Waals surface area contributed by atoms with Gasteiger partial charge in [-0.1, -0.05) is 28.1 Å². The molecule has 0 aliphatic rings. The van der Waals surface area contributed by atoms with Crippen LogP contribution in [0.3, 0.4) is 0 Å². The predicted molar refractivity (Wildman–Crippen MR) is 107 cm³/mol. The zero-order chi connectivity index (χ0) is 19.2. The highest BCUT2D eigenvalue weighted by molar-refractivity contribution is 9.10. The van der Waals surface area contributed by atoms with Gasteiger partial charge in [-0.25, -0.2) is 0 Å². The van der Waals surface area contributed by atoms with Gasteiger partial charge in [0.25, 0.3) is 5.91 Å². The van der Waals surface area contributed by atoms with Gasteiger partial charge in [-0.05, 0) is 54.1 Å². The average Bonchev–Trinajstić information content (AvgIpc) is 3.15. The Hall–Kier alpha value is -2.38. The summed E-state index contributed by atoms with van der Waals surface area (Å²) in [6, 6.07) is 18.0. The molecule has 27 heavy (non-hydrogen) atoms. The Labute approximate surface area is 168 Å². The first kappa shape index (κ1) is 19.4. The molecule has 0 saturated carbocycles. The van der Waals surface area contributed by atoms with E-state index in [4.69, 9.17) is 9.15 Å². The normalized spacial score (nSPS) is 11.8. The molecule has 0 radical (unpaired) electrons. The molecule has 0 unspecified atom stereocenters. The van der Waals surface area contributed by atoms with Gasteiger partial charge in [0.15, 0.2) is 5.76 Å². The van der Waals surface area contributed by atoms with Gasteiger partial charge in [0.1, 0.15) is 11.5 Å². The molecule has 0 aliphatic heterocycles. The predicted octanol–water partition coefficient (Wildman–Crippen LogP) is 4.29. The number of hydrogen-bond acceptors (Lipinski definition) is 4. The van der Waals surface area contributed by atoms with Crippen molar-refractivity contribution in [2.45, 2.75) is 17.2 Å². The lowest BCUT2D eigenvalue weighted by Gasteiger charge is -2.04. The van der Waals surface area contributed by atoms with Crippen LogP contribution in [0.4, 0.5) is 0 Å². The molecule has 1 heterocycles. The number of methoxy groups -OCH3 is 1. The third-order valence-electron chi connectivity index (χ3n) is 3.82. The Morgan fingerprint density at radius 1 is 1.15 bits per heavy atom. The van der Waals surface area contributed by atoms with Gasteiger partial charge in [0, 0.05) is 15.9 Å². The smallest absolute Gasteiger partial charge is 0.287 e.